The Labute approximate surface area is 196 Å². The maximum Gasteiger partial charge on any atom is 0.263 e. The Morgan fingerprint density at radius 3 is 2.53 bits per heavy atom. The van der Waals surface area contributed by atoms with Gasteiger partial charge in [-0.25, -0.2) is 14.6 Å². The van der Waals surface area contributed by atoms with Gasteiger partial charge in [-0.2, -0.15) is 10.4 Å². The predicted octanol–water partition coefficient (Wildman–Crippen LogP) is 3.80. The van der Waals surface area contributed by atoms with Gasteiger partial charge in [-0.1, -0.05) is 24.3 Å². The predicted molar refractivity (Wildman–Crippen MR) is 129 cm³/mol. The van der Waals surface area contributed by atoms with Crippen LogP contribution in [0.1, 0.15) is 6.92 Å². The molecule has 0 atom stereocenters. The summed E-state index contributed by atoms with van der Waals surface area (Å²) in [5.41, 5.74) is 8.31. The van der Waals surface area contributed by atoms with Crippen LogP contribution in [-0.2, 0) is 11.3 Å². The molecule has 34 heavy (non-hydrogen) atoms. The Bertz CT molecular complexity index is 1390. The molecule has 0 spiro atoms. The monoisotopic (exact) mass is 453 g/mol. The molecule has 2 aromatic carbocycles. The number of nitriles is 1. The summed E-state index contributed by atoms with van der Waals surface area (Å²) in [4.78, 5) is 22.4. The minimum atomic E-state index is -0.343. The van der Waals surface area contributed by atoms with E-state index < -0.39 is 0 Å². The molecule has 4 rings (SSSR count). The molecular weight excluding hydrogens is 430 g/mol. The first-order valence-electron chi connectivity index (χ1n) is 10.6. The highest BCUT2D eigenvalue weighted by Crippen LogP contribution is 2.32. The number of carbonyl (C=O) groups is 1. The van der Waals surface area contributed by atoms with Crippen molar-refractivity contribution in [2.75, 3.05) is 19.3 Å². The molecule has 0 aliphatic heterocycles. The zero-order chi connectivity index (χ0) is 24.1. The van der Waals surface area contributed by atoms with Gasteiger partial charge in [0.15, 0.2) is 5.65 Å². The third-order valence-electron chi connectivity index (χ3n) is 5.30. The smallest absolute Gasteiger partial charge is 0.263 e. The van der Waals surface area contributed by atoms with Gasteiger partial charge in [-0.05, 0) is 43.3 Å². The summed E-state index contributed by atoms with van der Waals surface area (Å²) in [6, 6.07) is 19.0. The second kappa shape index (κ2) is 9.83. The van der Waals surface area contributed by atoms with Gasteiger partial charge in [-0.3, -0.25) is 4.79 Å². The third-order valence-corrected chi connectivity index (χ3v) is 5.30. The normalized spacial score (nSPS) is 11.3. The molecule has 1 amide bonds. The number of nitrogens with two attached hydrogens (primary N) is 1. The summed E-state index contributed by atoms with van der Waals surface area (Å²) in [6.45, 7) is 2.36. The van der Waals surface area contributed by atoms with Crippen LogP contribution >= 0.6 is 0 Å². The average molecular weight is 454 g/mol. The van der Waals surface area contributed by atoms with Crippen LogP contribution in [0.4, 0.5) is 5.82 Å². The molecule has 0 radical (unpaired) electrons. The molecule has 0 aliphatic carbocycles. The van der Waals surface area contributed by atoms with Gasteiger partial charge < -0.3 is 15.4 Å². The van der Waals surface area contributed by atoms with Crippen LogP contribution in [0.3, 0.4) is 0 Å². The van der Waals surface area contributed by atoms with E-state index in [0.717, 1.165) is 11.3 Å². The maximum absolute atomic E-state index is 12.4. The van der Waals surface area contributed by atoms with Gasteiger partial charge in [-0.15, -0.1) is 0 Å². The molecule has 170 valence electrons. The molecule has 2 aromatic heterocycles. The first-order valence-corrected chi connectivity index (χ1v) is 10.6. The minimum absolute atomic E-state index is 0.0953. The molecule has 0 aliphatic rings. The molecule has 0 saturated carbocycles. The Hall–Kier alpha value is -4.71. The lowest BCUT2D eigenvalue weighted by atomic mass is 10.1. The number of benzene rings is 2. The van der Waals surface area contributed by atoms with Crippen molar-refractivity contribution in [1.29, 1.82) is 5.26 Å². The van der Waals surface area contributed by atoms with Crippen molar-refractivity contribution >= 4 is 22.8 Å². The van der Waals surface area contributed by atoms with Crippen molar-refractivity contribution in [3.63, 3.8) is 0 Å². The number of likely N-dealkylation sites (N-methyl/N-ethyl adjacent to an activating group) is 1. The summed E-state index contributed by atoms with van der Waals surface area (Å²) in [6.07, 6.45) is 2.89. The number of fused-ring (bicyclic) bond motifs is 1. The molecule has 9 heteroatoms. The standard InChI is InChI=1S/C25H23N7O2/c1-3-17(15-26)25(33)31(2)13-14-32-24-21(23(27)28-16-29-24)22(30-32)18-9-11-20(12-10-18)34-19-7-5-4-6-8-19/h3-12,16H,13-14H2,1-2H3,(H2,27,28,29)/b17-3+. The number of para-hydroxylation sites is 1. The number of allylic oxidation sites excluding steroid dienone is 1. The lowest BCUT2D eigenvalue weighted by Gasteiger charge is -2.16. The Kier molecular flexibility index (Phi) is 6.50. The molecular formula is C25H23N7O2. The summed E-state index contributed by atoms with van der Waals surface area (Å²) in [7, 11) is 1.64. The number of rotatable bonds is 7. The van der Waals surface area contributed by atoms with Crippen molar-refractivity contribution in [2.45, 2.75) is 13.5 Å². The van der Waals surface area contributed by atoms with E-state index in [9.17, 15) is 4.79 Å². The van der Waals surface area contributed by atoms with E-state index in [1.165, 1.54) is 17.3 Å². The number of aromatic nitrogens is 4. The van der Waals surface area contributed by atoms with Gasteiger partial charge in [0.1, 0.15) is 41.0 Å². The molecule has 0 unspecified atom stereocenters. The van der Waals surface area contributed by atoms with E-state index in [2.05, 4.69) is 9.97 Å². The lowest BCUT2D eigenvalue weighted by molar-refractivity contribution is -0.125. The van der Waals surface area contributed by atoms with E-state index in [1.54, 1.807) is 18.7 Å². The molecule has 0 fully saturated rings. The van der Waals surface area contributed by atoms with Crippen molar-refractivity contribution in [3.8, 4) is 28.8 Å². The van der Waals surface area contributed by atoms with Gasteiger partial charge in [0.25, 0.3) is 5.91 Å². The summed E-state index contributed by atoms with van der Waals surface area (Å²) in [5, 5.41) is 14.5. The van der Waals surface area contributed by atoms with E-state index in [4.69, 9.17) is 20.8 Å². The number of hydrogen-bond donors (Lipinski definition) is 1. The van der Waals surface area contributed by atoms with Crippen LogP contribution in [0, 0.1) is 11.3 Å². The Balaban J connectivity index is 1.60. The van der Waals surface area contributed by atoms with Crippen LogP contribution in [0.5, 0.6) is 11.5 Å². The van der Waals surface area contributed by atoms with E-state index >= 15 is 0 Å². The number of anilines is 1. The van der Waals surface area contributed by atoms with E-state index in [-0.39, 0.29) is 11.5 Å². The van der Waals surface area contributed by atoms with Gasteiger partial charge in [0.05, 0.1) is 11.9 Å². The van der Waals surface area contributed by atoms with E-state index in [0.29, 0.717) is 41.4 Å². The molecule has 0 saturated heterocycles. The second-order valence-corrected chi connectivity index (χ2v) is 7.51. The fourth-order valence-corrected chi connectivity index (χ4v) is 3.48. The molecule has 4 aromatic rings. The van der Waals surface area contributed by atoms with Gasteiger partial charge in [0.2, 0.25) is 0 Å². The topological polar surface area (TPSA) is 123 Å². The highest BCUT2D eigenvalue weighted by Gasteiger charge is 2.19. The zero-order valence-electron chi connectivity index (χ0n) is 18.8. The number of amides is 1. The zero-order valence-corrected chi connectivity index (χ0v) is 18.8. The summed E-state index contributed by atoms with van der Waals surface area (Å²) in [5.74, 6) is 1.42. The fraction of sp³-hybridized carbons (Fsp3) is 0.160. The van der Waals surface area contributed by atoms with Crippen LogP contribution in [0.15, 0.2) is 72.6 Å². The Morgan fingerprint density at radius 2 is 1.85 bits per heavy atom. The van der Waals surface area contributed by atoms with Crippen LogP contribution in [0.2, 0.25) is 0 Å². The van der Waals surface area contributed by atoms with Crippen molar-refractivity contribution in [3.05, 3.63) is 72.6 Å². The quantitative estimate of drug-likeness (QED) is 0.333. The van der Waals surface area contributed by atoms with Gasteiger partial charge in [0, 0.05) is 19.2 Å². The minimum Gasteiger partial charge on any atom is -0.457 e. The van der Waals surface area contributed by atoms with E-state index in [1.807, 2.05) is 60.7 Å². The highest BCUT2D eigenvalue weighted by atomic mass is 16.5. The third kappa shape index (κ3) is 4.56. The fourth-order valence-electron chi connectivity index (χ4n) is 3.48. The lowest BCUT2D eigenvalue weighted by Crippen LogP contribution is -2.31. The molecule has 2 N–H and O–H groups in total. The van der Waals surface area contributed by atoms with Crippen LogP contribution in [0.25, 0.3) is 22.3 Å². The van der Waals surface area contributed by atoms with Gasteiger partial charge >= 0.3 is 0 Å². The highest BCUT2D eigenvalue weighted by molar-refractivity contribution is 5.98. The maximum atomic E-state index is 12.4. The summed E-state index contributed by atoms with van der Waals surface area (Å²) < 4.78 is 7.57. The number of hydrogen-bond acceptors (Lipinski definition) is 7. The van der Waals surface area contributed by atoms with Crippen molar-refractivity contribution in [1.82, 2.24) is 24.6 Å². The largest absolute Gasteiger partial charge is 0.457 e. The van der Waals surface area contributed by atoms with Crippen molar-refractivity contribution in [2.24, 2.45) is 0 Å². The number of ether oxygens (including phenoxy) is 1. The summed E-state index contributed by atoms with van der Waals surface area (Å²) >= 11 is 0. The average Bonchev–Trinajstić information content (AvgIpc) is 3.24. The molecule has 0 bridgehead atoms. The van der Waals surface area contributed by atoms with Crippen molar-refractivity contribution < 1.29 is 9.53 Å². The number of nitrogen functional groups attached to an aromatic ring is 1. The molecule has 2 heterocycles. The first kappa shape index (κ1) is 22.5. The number of carbonyl (C=O) groups excluding carboxylic acids is 1. The SMILES string of the molecule is C/C=C(\C#N)C(=O)N(C)CCn1nc(-c2ccc(Oc3ccccc3)cc2)c2c(N)ncnc21. The number of nitrogens with zero attached hydrogens (tertiary/aromatic N) is 6. The Morgan fingerprint density at radius 1 is 1.15 bits per heavy atom. The van der Waals surface area contributed by atoms with Crippen LogP contribution in [-0.4, -0.2) is 44.1 Å². The van der Waals surface area contributed by atoms with Crippen LogP contribution < -0.4 is 10.5 Å². The first-order chi connectivity index (χ1) is 16.5. The molecule has 9 nitrogen and oxygen atoms in total. The second-order valence-electron chi connectivity index (χ2n) is 7.51.